The van der Waals surface area contributed by atoms with Crippen LogP contribution in [-0.2, 0) is 4.79 Å². The second-order valence-corrected chi connectivity index (χ2v) is 4.34. The molecule has 1 amide bonds. The summed E-state index contributed by atoms with van der Waals surface area (Å²) in [5.74, 6) is 0.879. The number of thioether (sulfide) groups is 1. The molecular weight excluding hydrogens is 238 g/mol. The molecule has 2 aromatic rings. The number of nitrogens with one attached hydrogen (secondary N) is 1. The third-order valence-electron chi connectivity index (χ3n) is 2.00. The highest BCUT2D eigenvalue weighted by Gasteiger charge is 2.07. The number of hydrogen-bond acceptors (Lipinski definition) is 5. The van der Waals surface area contributed by atoms with Crippen LogP contribution in [0.1, 0.15) is 13.3 Å². The van der Waals surface area contributed by atoms with E-state index in [1.807, 2.05) is 6.92 Å². The van der Waals surface area contributed by atoms with E-state index in [0.717, 1.165) is 6.42 Å². The van der Waals surface area contributed by atoms with Crippen LogP contribution in [0.2, 0.25) is 0 Å². The fourth-order valence-corrected chi connectivity index (χ4v) is 1.87. The molecule has 2 aromatic heterocycles. The van der Waals surface area contributed by atoms with Crippen molar-refractivity contribution in [2.45, 2.75) is 18.5 Å². The topological polar surface area (TPSA) is 72.2 Å². The number of carbonyl (C=O) groups is 1. The molecule has 2 heterocycles. The smallest absolute Gasteiger partial charge is 0.253 e. The van der Waals surface area contributed by atoms with Crippen LogP contribution in [0.5, 0.6) is 0 Å². The Balaban J connectivity index is 1.92. The molecule has 0 unspecified atom stereocenters. The largest absolute Gasteiger partial charge is 0.355 e. The van der Waals surface area contributed by atoms with Crippen molar-refractivity contribution in [3.8, 4) is 0 Å². The van der Waals surface area contributed by atoms with Gasteiger partial charge in [0.15, 0.2) is 0 Å². The normalized spacial score (nSPS) is 10.6. The first-order valence-electron chi connectivity index (χ1n) is 5.36. The maximum Gasteiger partial charge on any atom is 0.253 e. The average molecular weight is 251 g/mol. The third-order valence-corrected chi connectivity index (χ3v) is 2.84. The Hall–Kier alpha value is -1.63. The fourth-order valence-electron chi connectivity index (χ4n) is 1.22. The lowest BCUT2D eigenvalue weighted by molar-refractivity contribution is -0.118. The first-order valence-corrected chi connectivity index (χ1v) is 6.35. The Bertz CT molecular complexity index is 479. The van der Waals surface area contributed by atoms with Crippen molar-refractivity contribution in [1.82, 2.24) is 24.9 Å². The zero-order chi connectivity index (χ0) is 12.1. The van der Waals surface area contributed by atoms with Crippen molar-refractivity contribution in [2.24, 2.45) is 0 Å². The molecule has 0 atom stereocenters. The van der Waals surface area contributed by atoms with Crippen molar-refractivity contribution in [1.29, 1.82) is 0 Å². The molecule has 2 rings (SSSR count). The van der Waals surface area contributed by atoms with E-state index in [9.17, 15) is 4.79 Å². The maximum atomic E-state index is 11.4. The van der Waals surface area contributed by atoms with E-state index in [0.29, 0.717) is 23.2 Å². The zero-order valence-corrected chi connectivity index (χ0v) is 10.3. The van der Waals surface area contributed by atoms with Gasteiger partial charge in [-0.1, -0.05) is 18.7 Å². The molecule has 0 aliphatic rings. The molecular formula is C10H13N5OS. The van der Waals surface area contributed by atoms with Crippen molar-refractivity contribution >= 4 is 23.4 Å². The Morgan fingerprint density at radius 3 is 3.24 bits per heavy atom. The summed E-state index contributed by atoms with van der Waals surface area (Å²) < 4.78 is 1.59. The fraction of sp³-hybridized carbons (Fsp3) is 0.400. The number of fused-ring (bicyclic) bond motifs is 1. The lowest BCUT2D eigenvalue weighted by Gasteiger charge is -2.00. The summed E-state index contributed by atoms with van der Waals surface area (Å²) in [6.45, 7) is 2.72. The molecule has 90 valence electrons. The Labute approximate surface area is 103 Å². The third kappa shape index (κ3) is 3.16. The molecule has 17 heavy (non-hydrogen) atoms. The van der Waals surface area contributed by atoms with E-state index < -0.39 is 0 Å². The van der Waals surface area contributed by atoms with Gasteiger partial charge in [0.05, 0.1) is 5.75 Å². The van der Waals surface area contributed by atoms with Crippen LogP contribution < -0.4 is 5.32 Å². The number of rotatable bonds is 5. The summed E-state index contributed by atoms with van der Waals surface area (Å²) in [4.78, 5) is 19.6. The lowest BCUT2D eigenvalue weighted by Crippen LogP contribution is -2.25. The van der Waals surface area contributed by atoms with Gasteiger partial charge in [-0.05, 0) is 12.5 Å². The average Bonchev–Trinajstić information content (AvgIpc) is 2.76. The molecule has 0 saturated carbocycles. The highest BCUT2D eigenvalue weighted by Crippen LogP contribution is 2.12. The van der Waals surface area contributed by atoms with Crippen molar-refractivity contribution in [3.05, 3.63) is 18.5 Å². The van der Waals surface area contributed by atoms with Gasteiger partial charge in [0, 0.05) is 18.9 Å². The minimum Gasteiger partial charge on any atom is -0.355 e. The van der Waals surface area contributed by atoms with Crippen LogP contribution in [0.25, 0.3) is 5.78 Å². The number of hydrogen-bond donors (Lipinski definition) is 1. The molecule has 1 N–H and O–H groups in total. The molecule has 7 heteroatoms. The molecule has 0 spiro atoms. The predicted octanol–water partition coefficient (Wildman–Crippen LogP) is 0.743. The minimum atomic E-state index is 0.00339. The van der Waals surface area contributed by atoms with E-state index >= 15 is 0 Å². The van der Waals surface area contributed by atoms with Crippen LogP contribution in [0, 0.1) is 0 Å². The quantitative estimate of drug-likeness (QED) is 0.794. The second-order valence-electron chi connectivity index (χ2n) is 3.40. The Morgan fingerprint density at radius 1 is 1.59 bits per heavy atom. The van der Waals surface area contributed by atoms with Gasteiger partial charge in [-0.3, -0.25) is 4.79 Å². The molecule has 0 aliphatic carbocycles. The maximum absolute atomic E-state index is 11.4. The number of nitrogens with zero attached hydrogens (tertiary/aromatic N) is 4. The standard InChI is InChI=1S/C10H13N5OS/c1-2-4-11-8(16)7-17-10-13-9-12-5-3-6-15(9)14-10/h3,5-6H,2,4,7H2,1H3,(H,11,16). The van der Waals surface area contributed by atoms with E-state index in [4.69, 9.17) is 0 Å². The summed E-state index contributed by atoms with van der Waals surface area (Å²) in [5, 5.41) is 7.55. The van der Waals surface area contributed by atoms with Crippen LogP contribution in [0.3, 0.4) is 0 Å². The van der Waals surface area contributed by atoms with Crippen molar-refractivity contribution in [2.75, 3.05) is 12.3 Å². The van der Waals surface area contributed by atoms with E-state index in [1.54, 1.807) is 23.0 Å². The van der Waals surface area contributed by atoms with E-state index in [1.165, 1.54) is 11.8 Å². The zero-order valence-electron chi connectivity index (χ0n) is 9.46. The molecule has 0 fully saturated rings. The monoisotopic (exact) mass is 251 g/mol. The highest BCUT2D eigenvalue weighted by molar-refractivity contribution is 7.99. The molecule has 6 nitrogen and oxygen atoms in total. The van der Waals surface area contributed by atoms with Gasteiger partial charge in [0.1, 0.15) is 0 Å². The van der Waals surface area contributed by atoms with E-state index in [-0.39, 0.29) is 5.91 Å². The summed E-state index contributed by atoms with van der Waals surface area (Å²) in [5.41, 5.74) is 0. The minimum absolute atomic E-state index is 0.00339. The number of carbonyl (C=O) groups excluding carboxylic acids is 1. The molecule has 0 radical (unpaired) electrons. The van der Waals surface area contributed by atoms with Gasteiger partial charge in [-0.25, -0.2) is 9.50 Å². The second kappa shape index (κ2) is 5.62. The van der Waals surface area contributed by atoms with Gasteiger partial charge < -0.3 is 5.32 Å². The summed E-state index contributed by atoms with van der Waals surface area (Å²) in [6.07, 6.45) is 4.37. The number of aromatic nitrogens is 4. The molecule has 0 aliphatic heterocycles. The Morgan fingerprint density at radius 2 is 2.47 bits per heavy atom. The summed E-state index contributed by atoms with van der Waals surface area (Å²) in [6, 6.07) is 1.78. The predicted molar refractivity (Wildman–Crippen MR) is 64.8 cm³/mol. The molecule has 0 saturated heterocycles. The van der Waals surface area contributed by atoms with Gasteiger partial charge in [0.25, 0.3) is 5.78 Å². The van der Waals surface area contributed by atoms with Crippen LogP contribution in [-0.4, -0.2) is 37.8 Å². The van der Waals surface area contributed by atoms with Crippen LogP contribution in [0.4, 0.5) is 0 Å². The van der Waals surface area contributed by atoms with Gasteiger partial charge in [0.2, 0.25) is 11.1 Å². The summed E-state index contributed by atoms with van der Waals surface area (Å²) in [7, 11) is 0. The SMILES string of the molecule is CCCNC(=O)CSc1nc2ncccn2n1. The van der Waals surface area contributed by atoms with Crippen LogP contribution >= 0.6 is 11.8 Å². The first-order chi connectivity index (χ1) is 8.29. The number of amides is 1. The molecule has 0 bridgehead atoms. The highest BCUT2D eigenvalue weighted by atomic mass is 32.2. The van der Waals surface area contributed by atoms with Gasteiger partial charge in [-0.15, -0.1) is 5.10 Å². The Kier molecular flexibility index (Phi) is 3.92. The summed E-state index contributed by atoms with van der Waals surface area (Å²) >= 11 is 1.31. The lowest BCUT2D eigenvalue weighted by atomic mass is 10.5. The van der Waals surface area contributed by atoms with E-state index in [2.05, 4.69) is 20.4 Å². The first kappa shape index (κ1) is 11.8. The van der Waals surface area contributed by atoms with Crippen molar-refractivity contribution < 1.29 is 4.79 Å². The van der Waals surface area contributed by atoms with Crippen molar-refractivity contribution in [3.63, 3.8) is 0 Å². The van der Waals surface area contributed by atoms with Gasteiger partial charge in [-0.2, -0.15) is 4.98 Å². The van der Waals surface area contributed by atoms with Gasteiger partial charge >= 0.3 is 0 Å². The van der Waals surface area contributed by atoms with Crippen LogP contribution in [0.15, 0.2) is 23.6 Å². The molecule has 0 aromatic carbocycles.